The van der Waals surface area contributed by atoms with E-state index in [9.17, 15) is 24.2 Å². The highest BCUT2D eigenvalue weighted by molar-refractivity contribution is 7.47. The highest BCUT2D eigenvalue weighted by Crippen LogP contribution is 2.42. The number of ether oxygens (including phenoxy) is 1. The van der Waals surface area contributed by atoms with Crippen molar-refractivity contribution in [2.45, 2.75) is 180 Å². The Morgan fingerprint density at radius 2 is 1.04 bits per heavy atom. The predicted molar refractivity (Wildman–Crippen MR) is 215 cm³/mol. The standard InChI is InChI=1S/C42H76NO8P/c1-3-5-7-9-11-13-15-17-18-19-20-21-22-23-24-26-28-30-32-34-41(45)43-36-37-50-52(47,48)51-39-40(44)38-49-42(46)35-33-31-29-27-25-16-14-12-10-8-6-4-2/h11-14,17-18,20-21,40,44H,3-10,15-16,19,22-39H2,1-2H3,(H,43,45)(H,47,48)/b13-11-,14-12-,18-17-,21-20-. The molecule has 0 heterocycles. The average molecular weight is 754 g/mol. The second-order valence-electron chi connectivity index (χ2n) is 13.6. The zero-order valence-corrected chi connectivity index (χ0v) is 33.9. The van der Waals surface area contributed by atoms with Gasteiger partial charge in [0.1, 0.15) is 12.7 Å². The second kappa shape index (κ2) is 38.7. The summed E-state index contributed by atoms with van der Waals surface area (Å²) in [4.78, 5) is 33.8. The lowest BCUT2D eigenvalue weighted by atomic mass is 10.1. The van der Waals surface area contributed by atoms with Gasteiger partial charge in [0.05, 0.1) is 13.2 Å². The summed E-state index contributed by atoms with van der Waals surface area (Å²) >= 11 is 0. The van der Waals surface area contributed by atoms with Crippen molar-refractivity contribution in [2.24, 2.45) is 0 Å². The van der Waals surface area contributed by atoms with Gasteiger partial charge in [-0.15, -0.1) is 0 Å². The van der Waals surface area contributed by atoms with Crippen LogP contribution in [0.15, 0.2) is 48.6 Å². The zero-order chi connectivity index (χ0) is 38.2. The molecule has 2 unspecified atom stereocenters. The quantitative estimate of drug-likeness (QED) is 0.0246. The number of hydrogen-bond acceptors (Lipinski definition) is 7. The molecule has 0 aliphatic rings. The number of aliphatic hydroxyl groups is 1. The van der Waals surface area contributed by atoms with E-state index in [-0.39, 0.29) is 32.1 Å². The highest BCUT2D eigenvalue weighted by atomic mass is 31.2. The van der Waals surface area contributed by atoms with E-state index in [1.807, 2.05) is 0 Å². The first-order chi connectivity index (χ1) is 25.3. The fraction of sp³-hybridized carbons (Fsp3) is 0.762. The van der Waals surface area contributed by atoms with Crippen LogP contribution < -0.4 is 5.32 Å². The smallest absolute Gasteiger partial charge is 0.463 e. The van der Waals surface area contributed by atoms with Crippen LogP contribution in [0.4, 0.5) is 0 Å². The number of phosphoric ester groups is 1. The van der Waals surface area contributed by atoms with Gasteiger partial charge < -0.3 is 20.1 Å². The molecule has 10 heteroatoms. The molecule has 9 nitrogen and oxygen atoms in total. The molecule has 3 N–H and O–H groups in total. The Morgan fingerprint density at radius 1 is 0.596 bits per heavy atom. The minimum atomic E-state index is -4.42. The van der Waals surface area contributed by atoms with Gasteiger partial charge >= 0.3 is 13.8 Å². The van der Waals surface area contributed by atoms with Crippen molar-refractivity contribution in [3.05, 3.63) is 48.6 Å². The Labute approximate surface area is 317 Å². The van der Waals surface area contributed by atoms with Crippen LogP contribution in [0.25, 0.3) is 0 Å². The Bertz CT molecular complexity index is 996. The number of phosphoric acid groups is 1. The molecular formula is C42H76NO8P. The fourth-order valence-electron chi connectivity index (χ4n) is 5.32. The number of hydrogen-bond donors (Lipinski definition) is 3. The third kappa shape index (κ3) is 39.2. The van der Waals surface area contributed by atoms with E-state index in [0.717, 1.165) is 83.5 Å². The molecule has 2 atom stereocenters. The van der Waals surface area contributed by atoms with E-state index in [1.165, 1.54) is 64.2 Å². The largest absolute Gasteiger partial charge is 0.472 e. The molecule has 1 amide bonds. The van der Waals surface area contributed by atoms with Crippen molar-refractivity contribution >= 4 is 19.7 Å². The van der Waals surface area contributed by atoms with Crippen molar-refractivity contribution in [1.82, 2.24) is 5.32 Å². The Kier molecular flexibility index (Phi) is 37.2. The number of unbranched alkanes of at least 4 members (excludes halogenated alkanes) is 17. The van der Waals surface area contributed by atoms with Gasteiger partial charge in [0, 0.05) is 19.4 Å². The molecule has 0 aliphatic carbocycles. The third-order valence-corrected chi connectivity index (χ3v) is 9.47. The molecule has 52 heavy (non-hydrogen) atoms. The number of rotatable bonds is 38. The fourth-order valence-corrected chi connectivity index (χ4v) is 6.08. The summed E-state index contributed by atoms with van der Waals surface area (Å²) < 4.78 is 26.8. The third-order valence-electron chi connectivity index (χ3n) is 8.48. The van der Waals surface area contributed by atoms with E-state index in [1.54, 1.807) is 0 Å². The lowest BCUT2D eigenvalue weighted by Gasteiger charge is -2.15. The van der Waals surface area contributed by atoms with E-state index in [0.29, 0.717) is 6.42 Å². The number of nitrogens with one attached hydrogen (secondary N) is 1. The van der Waals surface area contributed by atoms with Crippen LogP contribution in [0.5, 0.6) is 0 Å². The summed E-state index contributed by atoms with van der Waals surface area (Å²) in [5, 5.41) is 12.6. The molecule has 0 fully saturated rings. The van der Waals surface area contributed by atoms with Gasteiger partial charge in [-0.05, 0) is 77.0 Å². The molecule has 0 aliphatic heterocycles. The van der Waals surface area contributed by atoms with Crippen molar-refractivity contribution < 1.29 is 37.9 Å². The van der Waals surface area contributed by atoms with Gasteiger partial charge in [0.25, 0.3) is 0 Å². The Hall–Kier alpha value is -2.03. The topological polar surface area (TPSA) is 131 Å². The van der Waals surface area contributed by atoms with Crippen molar-refractivity contribution in [3.8, 4) is 0 Å². The first-order valence-corrected chi connectivity index (χ1v) is 22.1. The first kappa shape index (κ1) is 50.0. The molecule has 0 spiro atoms. The normalized spacial score (nSPS) is 13.8. The van der Waals surface area contributed by atoms with Crippen LogP contribution in [0.2, 0.25) is 0 Å². The molecule has 0 bridgehead atoms. The number of esters is 1. The maximum absolute atomic E-state index is 12.1. The lowest BCUT2D eigenvalue weighted by molar-refractivity contribution is -0.147. The summed E-state index contributed by atoms with van der Waals surface area (Å²) in [5.74, 6) is -0.541. The lowest BCUT2D eigenvalue weighted by Crippen LogP contribution is -2.27. The molecule has 0 radical (unpaired) electrons. The van der Waals surface area contributed by atoms with Crippen LogP contribution in [0.3, 0.4) is 0 Å². The summed E-state index contributed by atoms with van der Waals surface area (Å²) in [6, 6.07) is 0. The molecule has 0 aromatic carbocycles. The van der Waals surface area contributed by atoms with Crippen molar-refractivity contribution in [3.63, 3.8) is 0 Å². The van der Waals surface area contributed by atoms with E-state index >= 15 is 0 Å². The zero-order valence-electron chi connectivity index (χ0n) is 33.0. The van der Waals surface area contributed by atoms with E-state index in [4.69, 9.17) is 13.8 Å². The summed E-state index contributed by atoms with van der Waals surface area (Å²) in [6.07, 6.45) is 43.2. The van der Waals surface area contributed by atoms with Crippen molar-refractivity contribution in [2.75, 3.05) is 26.4 Å². The summed E-state index contributed by atoms with van der Waals surface area (Å²) in [6.45, 7) is 3.46. The number of carbonyl (C=O) groups is 2. The van der Waals surface area contributed by atoms with Gasteiger partial charge in [-0.3, -0.25) is 18.6 Å². The summed E-state index contributed by atoms with van der Waals surface area (Å²) in [5.41, 5.74) is 0. The number of aliphatic hydroxyl groups excluding tert-OH is 1. The molecular weight excluding hydrogens is 677 g/mol. The Balaban J connectivity index is 3.64. The van der Waals surface area contributed by atoms with E-state index in [2.05, 4.69) is 67.8 Å². The monoisotopic (exact) mass is 754 g/mol. The minimum Gasteiger partial charge on any atom is -0.463 e. The van der Waals surface area contributed by atoms with Crippen LogP contribution in [-0.2, 0) is 27.9 Å². The number of amides is 1. The number of carbonyl (C=O) groups excluding carboxylic acids is 2. The average Bonchev–Trinajstić information content (AvgIpc) is 3.13. The minimum absolute atomic E-state index is 0.0720. The van der Waals surface area contributed by atoms with Gasteiger partial charge in [0.2, 0.25) is 5.91 Å². The molecule has 0 saturated heterocycles. The molecule has 0 aromatic heterocycles. The molecule has 302 valence electrons. The SMILES string of the molecule is CCCCC/C=C\C/C=C\C/C=C\CCCCCCCCC(=O)NCCOP(=O)(O)OCC(O)COC(=O)CCCCCCC/C=C\CCCCC. The summed E-state index contributed by atoms with van der Waals surface area (Å²) in [7, 11) is -4.42. The van der Waals surface area contributed by atoms with E-state index < -0.39 is 26.5 Å². The predicted octanol–water partition coefficient (Wildman–Crippen LogP) is 11.2. The number of allylic oxidation sites excluding steroid dienone is 8. The van der Waals surface area contributed by atoms with Gasteiger partial charge in [-0.2, -0.15) is 0 Å². The van der Waals surface area contributed by atoms with Crippen LogP contribution >= 0.6 is 7.82 Å². The first-order valence-electron chi connectivity index (χ1n) is 20.6. The van der Waals surface area contributed by atoms with Crippen LogP contribution in [-0.4, -0.2) is 54.3 Å². The molecule has 0 rings (SSSR count). The maximum atomic E-state index is 12.1. The molecule has 0 saturated carbocycles. The molecule has 0 aromatic rings. The van der Waals surface area contributed by atoms with Crippen LogP contribution in [0.1, 0.15) is 174 Å². The van der Waals surface area contributed by atoms with Gasteiger partial charge in [-0.1, -0.05) is 133 Å². The Morgan fingerprint density at radius 3 is 1.58 bits per heavy atom. The van der Waals surface area contributed by atoms with Crippen LogP contribution in [0, 0.1) is 0 Å². The van der Waals surface area contributed by atoms with Gasteiger partial charge in [0.15, 0.2) is 0 Å². The second-order valence-corrected chi connectivity index (χ2v) is 15.1. The highest BCUT2D eigenvalue weighted by Gasteiger charge is 2.23. The van der Waals surface area contributed by atoms with Gasteiger partial charge in [-0.25, -0.2) is 4.57 Å². The van der Waals surface area contributed by atoms with Crippen molar-refractivity contribution in [1.29, 1.82) is 0 Å². The maximum Gasteiger partial charge on any atom is 0.472 e.